The van der Waals surface area contributed by atoms with Gasteiger partial charge in [-0.3, -0.25) is 24.0 Å². The van der Waals surface area contributed by atoms with Crippen molar-refractivity contribution in [3.05, 3.63) is 90.7 Å². The lowest BCUT2D eigenvalue weighted by Crippen LogP contribution is -2.40. The quantitative estimate of drug-likeness (QED) is 0.358. The van der Waals surface area contributed by atoms with Crippen LogP contribution in [-0.2, 0) is 24.4 Å². The molecule has 5 rings (SSSR count). The summed E-state index contributed by atoms with van der Waals surface area (Å²) in [6, 6.07) is 13.1. The summed E-state index contributed by atoms with van der Waals surface area (Å²) in [4.78, 5) is 37.4. The number of nitro groups is 1. The number of aromatic nitrogens is 3. The molecule has 0 spiro atoms. The topological polar surface area (TPSA) is 122 Å². The SMILES string of the molecule is Cn1c(=O)c2c(-c3ccccc3)n3c(c2n(C)c1=O)C(c1cc([N+](=O)[O-])ccc1O)OCC3(C)C. The van der Waals surface area contributed by atoms with Crippen molar-refractivity contribution in [2.45, 2.75) is 25.5 Å². The molecule has 1 N–H and O–H groups in total. The van der Waals surface area contributed by atoms with Crippen molar-refractivity contribution < 1.29 is 14.8 Å². The lowest BCUT2D eigenvalue weighted by Gasteiger charge is -2.39. The van der Waals surface area contributed by atoms with Crippen LogP contribution in [0.5, 0.6) is 5.75 Å². The number of rotatable bonds is 3. The lowest BCUT2D eigenvalue weighted by molar-refractivity contribution is -0.385. The third-order valence-electron chi connectivity index (χ3n) is 6.62. The van der Waals surface area contributed by atoms with Crippen LogP contribution in [0.25, 0.3) is 22.2 Å². The maximum atomic E-state index is 13.5. The van der Waals surface area contributed by atoms with Crippen LogP contribution in [0.1, 0.15) is 31.2 Å². The molecule has 10 heteroatoms. The van der Waals surface area contributed by atoms with Crippen LogP contribution in [0, 0.1) is 10.1 Å². The molecule has 1 aliphatic heterocycles. The smallest absolute Gasteiger partial charge is 0.331 e. The highest BCUT2D eigenvalue weighted by Gasteiger charge is 2.41. The van der Waals surface area contributed by atoms with Crippen molar-refractivity contribution in [3.8, 4) is 17.0 Å². The van der Waals surface area contributed by atoms with Gasteiger partial charge in [-0.2, -0.15) is 0 Å². The van der Waals surface area contributed by atoms with E-state index in [9.17, 15) is 24.8 Å². The number of hydrogen-bond acceptors (Lipinski definition) is 6. The van der Waals surface area contributed by atoms with E-state index in [0.717, 1.165) is 10.1 Å². The Morgan fingerprint density at radius 3 is 2.43 bits per heavy atom. The molecule has 1 aliphatic rings. The second kappa shape index (κ2) is 7.67. The Morgan fingerprint density at radius 2 is 1.77 bits per heavy atom. The minimum Gasteiger partial charge on any atom is -0.508 e. The van der Waals surface area contributed by atoms with E-state index in [4.69, 9.17) is 4.74 Å². The molecule has 2 aromatic heterocycles. The molecular weight excluding hydrogens is 452 g/mol. The van der Waals surface area contributed by atoms with Gasteiger partial charge in [0, 0.05) is 31.8 Å². The molecule has 1 unspecified atom stereocenters. The maximum absolute atomic E-state index is 13.5. The molecule has 0 saturated heterocycles. The molecule has 0 fully saturated rings. The van der Waals surface area contributed by atoms with Crippen LogP contribution in [0.3, 0.4) is 0 Å². The normalized spacial score (nSPS) is 16.9. The van der Waals surface area contributed by atoms with Crippen LogP contribution in [0.4, 0.5) is 5.69 Å². The first kappa shape index (κ1) is 22.6. The summed E-state index contributed by atoms with van der Waals surface area (Å²) in [5.41, 5.74) is 0.593. The van der Waals surface area contributed by atoms with Gasteiger partial charge in [-0.1, -0.05) is 30.3 Å². The van der Waals surface area contributed by atoms with Crippen molar-refractivity contribution in [1.82, 2.24) is 13.7 Å². The third-order valence-corrected chi connectivity index (χ3v) is 6.62. The first-order chi connectivity index (χ1) is 16.5. The molecule has 10 nitrogen and oxygen atoms in total. The highest BCUT2D eigenvalue weighted by Crippen LogP contribution is 2.47. The van der Waals surface area contributed by atoms with E-state index < -0.39 is 27.8 Å². The summed E-state index contributed by atoms with van der Waals surface area (Å²) in [6.07, 6.45) is -0.958. The van der Waals surface area contributed by atoms with Gasteiger partial charge in [0.15, 0.2) is 0 Å². The molecule has 0 aliphatic carbocycles. The summed E-state index contributed by atoms with van der Waals surface area (Å²) in [5, 5.41) is 22.5. The van der Waals surface area contributed by atoms with E-state index in [2.05, 4.69) is 0 Å². The van der Waals surface area contributed by atoms with Gasteiger partial charge in [0.05, 0.1) is 39.4 Å². The van der Waals surface area contributed by atoms with Crippen LogP contribution < -0.4 is 11.2 Å². The van der Waals surface area contributed by atoms with Gasteiger partial charge >= 0.3 is 5.69 Å². The number of aromatic hydroxyl groups is 1. The van der Waals surface area contributed by atoms with Crippen LogP contribution in [-0.4, -0.2) is 30.3 Å². The van der Waals surface area contributed by atoms with Crippen molar-refractivity contribution in [2.75, 3.05) is 6.61 Å². The Labute approximate surface area is 199 Å². The summed E-state index contributed by atoms with van der Waals surface area (Å²) < 4.78 is 10.6. The van der Waals surface area contributed by atoms with Crippen molar-refractivity contribution in [2.24, 2.45) is 14.1 Å². The second-order valence-corrected chi connectivity index (χ2v) is 9.37. The van der Waals surface area contributed by atoms with Crippen LogP contribution in [0.2, 0.25) is 0 Å². The van der Waals surface area contributed by atoms with Gasteiger partial charge in [-0.15, -0.1) is 0 Å². The summed E-state index contributed by atoms with van der Waals surface area (Å²) in [6.45, 7) is 4.10. The molecule has 2 aromatic carbocycles. The highest BCUT2D eigenvalue weighted by atomic mass is 16.6. The van der Waals surface area contributed by atoms with E-state index >= 15 is 0 Å². The van der Waals surface area contributed by atoms with Gasteiger partial charge in [0.25, 0.3) is 11.2 Å². The van der Waals surface area contributed by atoms with E-state index in [1.54, 1.807) is 7.05 Å². The Balaban J connectivity index is 2.00. The Kier molecular flexibility index (Phi) is 4.95. The summed E-state index contributed by atoms with van der Waals surface area (Å²) in [5.74, 6) is -0.184. The van der Waals surface area contributed by atoms with Gasteiger partial charge in [0.2, 0.25) is 0 Å². The fourth-order valence-corrected chi connectivity index (χ4v) is 4.97. The Morgan fingerprint density at radius 1 is 1.09 bits per heavy atom. The zero-order chi connectivity index (χ0) is 25.2. The van der Waals surface area contributed by atoms with E-state index in [1.807, 2.05) is 48.7 Å². The number of aryl methyl sites for hydroxylation is 1. The number of benzene rings is 2. The molecule has 0 bridgehead atoms. The molecular formula is C25H24N4O6. The monoisotopic (exact) mass is 476 g/mol. The number of phenolic OH excluding ortho intramolecular Hbond substituents is 1. The molecule has 4 aromatic rings. The largest absolute Gasteiger partial charge is 0.508 e. The minimum atomic E-state index is -0.958. The molecule has 0 radical (unpaired) electrons. The molecule has 0 saturated carbocycles. The summed E-state index contributed by atoms with van der Waals surface area (Å²) in [7, 11) is 3.01. The van der Waals surface area contributed by atoms with Crippen molar-refractivity contribution in [3.63, 3.8) is 0 Å². The van der Waals surface area contributed by atoms with Gasteiger partial charge < -0.3 is 14.4 Å². The van der Waals surface area contributed by atoms with Gasteiger partial charge in [-0.25, -0.2) is 4.79 Å². The number of fused-ring (bicyclic) bond motifs is 3. The number of ether oxygens (including phenoxy) is 1. The van der Waals surface area contributed by atoms with Crippen molar-refractivity contribution >= 4 is 16.6 Å². The number of hydrogen-bond donors (Lipinski definition) is 1. The fraction of sp³-hybridized carbons (Fsp3) is 0.280. The number of nitro benzene ring substituents is 1. The van der Waals surface area contributed by atoms with Crippen molar-refractivity contribution in [1.29, 1.82) is 0 Å². The Bertz CT molecular complexity index is 1630. The van der Waals surface area contributed by atoms with E-state index in [0.29, 0.717) is 22.3 Å². The van der Waals surface area contributed by atoms with E-state index in [-0.39, 0.29) is 23.6 Å². The third kappa shape index (κ3) is 3.21. The zero-order valence-electron chi connectivity index (χ0n) is 19.7. The molecule has 3 heterocycles. The predicted molar refractivity (Wildman–Crippen MR) is 130 cm³/mol. The standard InChI is InChI=1S/C25H24N4O6/c1-25(2)13-35-22(16-12-15(29(33)34)10-11-17(16)30)21-20-18(23(31)27(4)24(32)26(20)3)19(28(21)25)14-8-6-5-7-9-14/h5-12,22,30H,13H2,1-4H3. The molecule has 180 valence electrons. The molecule has 35 heavy (non-hydrogen) atoms. The number of phenols is 1. The first-order valence-electron chi connectivity index (χ1n) is 11.0. The lowest BCUT2D eigenvalue weighted by atomic mass is 9.97. The number of non-ortho nitro benzene ring substituents is 1. The molecule has 1 atom stereocenters. The second-order valence-electron chi connectivity index (χ2n) is 9.37. The average Bonchev–Trinajstić information content (AvgIpc) is 3.20. The average molecular weight is 476 g/mol. The predicted octanol–water partition coefficient (Wildman–Crippen LogP) is 3.17. The van der Waals surface area contributed by atoms with Crippen LogP contribution in [0.15, 0.2) is 58.1 Å². The Hall–Kier alpha value is -4.18. The minimum absolute atomic E-state index is 0.183. The first-order valence-corrected chi connectivity index (χ1v) is 11.0. The van der Waals surface area contributed by atoms with E-state index in [1.165, 1.54) is 29.8 Å². The molecule has 0 amide bonds. The highest BCUT2D eigenvalue weighted by molar-refractivity contribution is 5.96. The fourth-order valence-electron chi connectivity index (χ4n) is 4.97. The van der Waals surface area contributed by atoms with Gasteiger partial charge in [0.1, 0.15) is 11.9 Å². The maximum Gasteiger partial charge on any atom is 0.331 e. The van der Waals surface area contributed by atoms with Gasteiger partial charge in [-0.05, 0) is 25.5 Å². The zero-order valence-corrected chi connectivity index (χ0v) is 19.7. The summed E-state index contributed by atoms with van der Waals surface area (Å²) >= 11 is 0. The van der Waals surface area contributed by atoms with Crippen LogP contribution >= 0.6 is 0 Å². The number of nitrogens with zero attached hydrogens (tertiary/aromatic N) is 4.